The molecule has 2 aliphatic heterocycles. The highest BCUT2D eigenvalue weighted by Gasteiger charge is 2.40. The molecule has 25 heavy (non-hydrogen) atoms. The van der Waals surface area contributed by atoms with Crippen molar-refractivity contribution in [2.75, 3.05) is 32.8 Å². The summed E-state index contributed by atoms with van der Waals surface area (Å²) in [5.74, 6) is -0.585. The highest BCUT2D eigenvalue weighted by molar-refractivity contribution is 5.77. The number of aliphatic hydroxyl groups is 1. The van der Waals surface area contributed by atoms with Crippen molar-refractivity contribution in [3.05, 3.63) is 35.4 Å². The smallest absolute Gasteiger partial charge is 0.222 e. The first kappa shape index (κ1) is 18.3. The molecule has 4 nitrogen and oxygen atoms in total. The monoisotopic (exact) mass is 352 g/mol. The fourth-order valence-corrected chi connectivity index (χ4v) is 4.07. The lowest BCUT2D eigenvalue weighted by Gasteiger charge is -2.47. The van der Waals surface area contributed by atoms with E-state index >= 15 is 0 Å². The molecule has 0 unspecified atom stereocenters. The van der Waals surface area contributed by atoms with Gasteiger partial charge in [0, 0.05) is 38.2 Å². The summed E-state index contributed by atoms with van der Waals surface area (Å²) in [5.41, 5.74) is 0.541. The fourth-order valence-electron chi connectivity index (χ4n) is 4.07. The van der Waals surface area contributed by atoms with Gasteiger partial charge in [0.15, 0.2) is 0 Å². The Hall–Kier alpha value is -1.53. The van der Waals surface area contributed by atoms with Gasteiger partial charge in [-0.25, -0.2) is 8.78 Å². The van der Waals surface area contributed by atoms with Crippen molar-refractivity contribution in [3.8, 4) is 0 Å². The topological polar surface area (TPSA) is 43.8 Å². The summed E-state index contributed by atoms with van der Waals surface area (Å²) < 4.78 is 27.2. The van der Waals surface area contributed by atoms with Gasteiger partial charge in [-0.1, -0.05) is 0 Å². The van der Waals surface area contributed by atoms with E-state index in [1.54, 1.807) is 0 Å². The molecule has 6 heteroatoms. The normalized spacial score (nSPS) is 21.1. The minimum Gasteiger partial charge on any atom is -0.396 e. The van der Waals surface area contributed by atoms with Crippen molar-refractivity contribution in [2.45, 2.75) is 38.6 Å². The van der Waals surface area contributed by atoms with E-state index in [0.717, 1.165) is 45.0 Å². The Balaban J connectivity index is 1.57. The Bertz CT molecular complexity index is 615. The number of benzene rings is 1. The van der Waals surface area contributed by atoms with E-state index < -0.39 is 5.82 Å². The summed E-state index contributed by atoms with van der Waals surface area (Å²) in [6, 6.07) is 3.60. The average Bonchev–Trinajstić information content (AvgIpc) is 2.61. The number of aliphatic hydroxyl groups excluding tert-OH is 1. The third-order valence-corrected chi connectivity index (χ3v) is 5.65. The molecular formula is C19H26F2N2O2. The van der Waals surface area contributed by atoms with Crippen LogP contribution in [0, 0.1) is 17.0 Å². The minimum absolute atomic E-state index is 0.101. The summed E-state index contributed by atoms with van der Waals surface area (Å²) >= 11 is 0. The lowest BCUT2D eigenvalue weighted by molar-refractivity contribution is -0.139. The lowest BCUT2D eigenvalue weighted by Crippen LogP contribution is -2.51. The summed E-state index contributed by atoms with van der Waals surface area (Å²) in [4.78, 5) is 16.1. The molecule has 0 bridgehead atoms. The van der Waals surface area contributed by atoms with Gasteiger partial charge in [0.1, 0.15) is 11.6 Å². The number of rotatable bonds is 5. The maximum Gasteiger partial charge on any atom is 0.222 e. The van der Waals surface area contributed by atoms with Gasteiger partial charge in [-0.15, -0.1) is 0 Å². The van der Waals surface area contributed by atoms with Crippen LogP contribution in [0.5, 0.6) is 0 Å². The van der Waals surface area contributed by atoms with E-state index in [1.165, 1.54) is 12.1 Å². The number of halogens is 2. The van der Waals surface area contributed by atoms with Gasteiger partial charge < -0.3 is 10.0 Å². The third-order valence-electron chi connectivity index (χ3n) is 5.65. The standard InChI is InChI=1S/C19H26F2N2O2/c20-16-2-3-17(21)15(12-16)13-22-9-6-19(7-10-22)5-4-18(25)23(14-19)8-1-11-24/h2-3,12,24H,1,4-11,13-14H2. The third kappa shape index (κ3) is 4.36. The Morgan fingerprint density at radius 3 is 2.64 bits per heavy atom. The van der Waals surface area contributed by atoms with Gasteiger partial charge in [-0.3, -0.25) is 9.69 Å². The molecule has 1 aromatic rings. The summed E-state index contributed by atoms with van der Waals surface area (Å²) in [6.45, 7) is 3.57. The molecule has 0 aromatic heterocycles. The second-order valence-electron chi connectivity index (χ2n) is 7.40. The van der Waals surface area contributed by atoms with Crippen LogP contribution in [-0.4, -0.2) is 53.6 Å². The number of piperidine rings is 2. The van der Waals surface area contributed by atoms with Gasteiger partial charge in [0.2, 0.25) is 5.91 Å². The van der Waals surface area contributed by atoms with Crippen LogP contribution >= 0.6 is 0 Å². The molecular weight excluding hydrogens is 326 g/mol. The lowest BCUT2D eigenvalue weighted by atomic mass is 9.72. The van der Waals surface area contributed by atoms with Crippen LogP contribution in [-0.2, 0) is 11.3 Å². The van der Waals surface area contributed by atoms with Gasteiger partial charge in [0.05, 0.1) is 0 Å². The molecule has 2 fully saturated rings. The molecule has 138 valence electrons. The summed E-state index contributed by atoms with van der Waals surface area (Å²) in [7, 11) is 0. The van der Waals surface area contributed by atoms with Gasteiger partial charge in [0.25, 0.3) is 0 Å². The molecule has 2 saturated heterocycles. The first-order valence-corrected chi connectivity index (χ1v) is 9.06. The zero-order valence-corrected chi connectivity index (χ0v) is 14.5. The molecule has 1 amide bonds. The van der Waals surface area contributed by atoms with Gasteiger partial charge >= 0.3 is 0 Å². The van der Waals surface area contributed by atoms with Crippen molar-refractivity contribution in [3.63, 3.8) is 0 Å². The van der Waals surface area contributed by atoms with Crippen molar-refractivity contribution < 1.29 is 18.7 Å². The Labute approximate surface area is 147 Å². The van der Waals surface area contributed by atoms with Crippen molar-refractivity contribution in [2.24, 2.45) is 5.41 Å². The summed E-state index contributed by atoms with van der Waals surface area (Å²) in [5, 5.41) is 9.00. The molecule has 1 spiro atoms. The number of hydrogen-bond donors (Lipinski definition) is 1. The Kier molecular flexibility index (Phi) is 5.69. The van der Waals surface area contributed by atoms with Crippen molar-refractivity contribution in [1.82, 2.24) is 9.80 Å². The fraction of sp³-hybridized carbons (Fsp3) is 0.632. The van der Waals surface area contributed by atoms with Crippen LogP contribution in [0.15, 0.2) is 18.2 Å². The predicted molar refractivity (Wildman–Crippen MR) is 90.8 cm³/mol. The number of carbonyl (C=O) groups is 1. The van der Waals surface area contributed by atoms with Gasteiger partial charge in [-0.05, 0) is 62.4 Å². The van der Waals surface area contributed by atoms with E-state index in [2.05, 4.69) is 4.90 Å². The SMILES string of the molecule is O=C1CCC2(CCN(Cc3cc(F)ccc3F)CC2)CN1CCCO. The van der Waals surface area contributed by atoms with E-state index in [9.17, 15) is 13.6 Å². The largest absolute Gasteiger partial charge is 0.396 e. The molecule has 1 N–H and O–H groups in total. The van der Waals surface area contributed by atoms with Crippen LogP contribution in [0.2, 0.25) is 0 Å². The molecule has 2 heterocycles. The van der Waals surface area contributed by atoms with E-state index in [0.29, 0.717) is 31.5 Å². The van der Waals surface area contributed by atoms with Gasteiger partial charge in [-0.2, -0.15) is 0 Å². The molecule has 0 aliphatic carbocycles. The first-order chi connectivity index (χ1) is 12.0. The quantitative estimate of drug-likeness (QED) is 0.886. The van der Waals surface area contributed by atoms with E-state index in [1.807, 2.05) is 4.90 Å². The van der Waals surface area contributed by atoms with Crippen LogP contribution in [0.3, 0.4) is 0 Å². The second kappa shape index (κ2) is 7.79. The van der Waals surface area contributed by atoms with E-state index in [-0.39, 0.29) is 23.7 Å². The van der Waals surface area contributed by atoms with Crippen LogP contribution < -0.4 is 0 Å². The average molecular weight is 352 g/mol. The Morgan fingerprint density at radius 1 is 1.16 bits per heavy atom. The number of nitrogens with zero attached hydrogens (tertiary/aromatic N) is 2. The zero-order valence-electron chi connectivity index (χ0n) is 14.5. The highest BCUT2D eigenvalue weighted by Crippen LogP contribution is 2.40. The van der Waals surface area contributed by atoms with E-state index in [4.69, 9.17) is 5.11 Å². The van der Waals surface area contributed by atoms with Crippen LogP contribution in [0.25, 0.3) is 0 Å². The van der Waals surface area contributed by atoms with Crippen LogP contribution in [0.4, 0.5) is 8.78 Å². The maximum atomic E-state index is 13.8. The molecule has 0 atom stereocenters. The highest BCUT2D eigenvalue weighted by atomic mass is 19.1. The van der Waals surface area contributed by atoms with Crippen LogP contribution in [0.1, 0.15) is 37.7 Å². The first-order valence-electron chi connectivity index (χ1n) is 9.06. The van der Waals surface area contributed by atoms with Crippen molar-refractivity contribution in [1.29, 1.82) is 0 Å². The Morgan fingerprint density at radius 2 is 1.92 bits per heavy atom. The number of hydrogen-bond acceptors (Lipinski definition) is 3. The summed E-state index contributed by atoms with van der Waals surface area (Å²) in [6.07, 6.45) is 4.03. The predicted octanol–water partition coefficient (Wildman–Crippen LogP) is 2.55. The zero-order chi connectivity index (χ0) is 17.9. The number of likely N-dealkylation sites (tertiary alicyclic amines) is 2. The van der Waals surface area contributed by atoms with Crippen molar-refractivity contribution >= 4 is 5.91 Å². The second-order valence-corrected chi connectivity index (χ2v) is 7.40. The number of carbonyl (C=O) groups excluding carboxylic acids is 1. The molecule has 0 radical (unpaired) electrons. The minimum atomic E-state index is -0.407. The molecule has 1 aromatic carbocycles. The molecule has 3 rings (SSSR count). The molecule has 2 aliphatic rings. The molecule has 0 saturated carbocycles. The number of amides is 1. The maximum absolute atomic E-state index is 13.8.